The van der Waals surface area contributed by atoms with Gasteiger partial charge in [0.15, 0.2) is 9.84 Å². The first-order valence-electron chi connectivity index (χ1n) is 6.76. The van der Waals surface area contributed by atoms with Crippen LogP contribution in [0, 0.1) is 5.92 Å². The monoisotopic (exact) mass is 402 g/mol. The van der Waals surface area contributed by atoms with Crippen molar-refractivity contribution in [3.63, 3.8) is 0 Å². The zero-order valence-electron chi connectivity index (χ0n) is 12.4. The number of carbonyl (C=O) groups is 1. The number of hydrogen-bond acceptors (Lipinski definition) is 6. The molecule has 1 amide bonds. The Hall–Kier alpha value is -1.86. The van der Waals surface area contributed by atoms with E-state index in [-0.39, 0.29) is 17.9 Å². The number of hydrazine groups is 1. The molecule has 2 N–H and O–H groups in total. The van der Waals surface area contributed by atoms with Crippen molar-refractivity contribution in [2.75, 3.05) is 11.5 Å². The van der Waals surface area contributed by atoms with E-state index in [1.165, 1.54) is 0 Å². The molecule has 0 spiro atoms. The lowest BCUT2D eigenvalue weighted by Crippen LogP contribution is -2.44. The van der Waals surface area contributed by atoms with Gasteiger partial charge in [-0.3, -0.25) is 10.2 Å². The van der Waals surface area contributed by atoms with Gasteiger partial charge in [0.05, 0.1) is 22.3 Å². The minimum absolute atomic E-state index is 0.0827. The number of nitrogens with one attached hydrogen (secondary N) is 2. The van der Waals surface area contributed by atoms with Crippen LogP contribution in [0.4, 0.5) is 13.2 Å². The van der Waals surface area contributed by atoms with Crippen LogP contribution in [0.3, 0.4) is 0 Å². The zero-order valence-corrected chi connectivity index (χ0v) is 14.0. The van der Waals surface area contributed by atoms with E-state index in [0.29, 0.717) is 0 Å². The van der Waals surface area contributed by atoms with Gasteiger partial charge in [0.2, 0.25) is 5.91 Å². The summed E-state index contributed by atoms with van der Waals surface area (Å²) in [5.74, 6) is -2.80. The summed E-state index contributed by atoms with van der Waals surface area (Å²) in [6.45, 7) is 0. The number of benzene rings is 1. The van der Waals surface area contributed by atoms with Gasteiger partial charge in [-0.25, -0.2) is 16.8 Å². The van der Waals surface area contributed by atoms with Crippen molar-refractivity contribution < 1.29 is 39.5 Å². The maximum absolute atomic E-state index is 12.0. The van der Waals surface area contributed by atoms with Crippen LogP contribution >= 0.6 is 0 Å². The summed E-state index contributed by atoms with van der Waals surface area (Å²) in [7, 11) is -7.55. The van der Waals surface area contributed by atoms with Crippen molar-refractivity contribution in [2.45, 2.75) is 17.7 Å². The van der Waals surface area contributed by atoms with E-state index < -0.39 is 48.7 Å². The topological polar surface area (TPSA) is 119 Å². The minimum Gasteiger partial charge on any atom is -0.406 e. The van der Waals surface area contributed by atoms with Gasteiger partial charge in [0.1, 0.15) is 5.75 Å². The summed E-state index contributed by atoms with van der Waals surface area (Å²) in [6, 6.07) is 3.31. The number of carbonyl (C=O) groups excluding carboxylic acids is 1. The minimum atomic E-state index is -4.91. The van der Waals surface area contributed by atoms with Crippen molar-refractivity contribution in [3.05, 3.63) is 24.3 Å². The Morgan fingerprint density at radius 1 is 1.20 bits per heavy atom. The largest absolute Gasteiger partial charge is 0.573 e. The fraction of sp³-hybridized carbons (Fsp3) is 0.417. The SMILES string of the molecule is O=C(NNS(=O)(=O)c1ccc(OC(F)(F)F)cc1)[C@H]1CCS(=O)(=O)C1. The highest BCUT2D eigenvalue weighted by Crippen LogP contribution is 2.24. The molecule has 1 aliphatic rings. The van der Waals surface area contributed by atoms with Crippen LogP contribution in [-0.4, -0.2) is 40.6 Å². The average molecular weight is 402 g/mol. The fourth-order valence-electron chi connectivity index (χ4n) is 2.10. The molecule has 8 nitrogen and oxygen atoms in total. The highest BCUT2D eigenvalue weighted by molar-refractivity contribution is 7.91. The van der Waals surface area contributed by atoms with Gasteiger partial charge in [-0.2, -0.15) is 0 Å². The lowest BCUT2D eigenvalue weighted by molar-refractivity contribution is -0.274. The third-order valence-corrected chi connectivity index (χ3v) is 6.31. The molecule has 0 aliphatic carbocycles. The first kappa shape index (κ1) is 19.5. The number of rotatable bonds is 5. The Balaban J connectivity index is 1.98. The van der Waals surface area contributed by atoms with E-state index in [4.69, 9.17) is 0 Å². The highest BCUT2D eigenvalue weighted by Gasteiger charge is 2.33. The highest BCUT2D eigenvalue weighted by atomic mass is 32.2. The van der Waals surface area contributed by atoms with Crippen molar-refractivity contribution in [1.82, 2.24) is 10.3 Å². The third kappa shape index (κ3) is 5.57. The van der Waals surface area contributed by atoms with Crippen molar-refractivity contribution in [3.8, 4) is 5.75 Å². The number of amides is 1. The van der Waals surface area contributed by atoms with E-state index in [0.717, 1.165) is 24.3 Å². The third-order valence-electron chi connectivity index (χ3n) is 3.28. The second-order valence-electron chi connectivity index (χ2n) is 5.21. The summed E-state index contributed by atoms with van der Waals surface area (Å²) >= 11 is 0. The molecule has 1 atom stereocenters. The van der Waals surface area contributed by atoms with Gasteiger partial charge in [-0.1, -0.05) is 0 Å². The van der Waals surface area contributed by atoms with Crippen LogP contribution in [-0.2, 0) is 24.7 Å². The molecule has 13 heteroatoms. The van der Waals surface area contributed by atoms with E-state index >= 15 is 0 Å². The zero-order chi connectivity index (χ0) is 18.9. The predicted molar refractivity (Wildman–Crippen MR) is 78.4 cm³/mol. The number of sulfonamides is 1. The Morgan fingerprint density at radius 3 is 2.28 bits per heavy atom. The smallest absolute Gasteiger partial charge is 0.406 e. The molecule has 0 saturated carbocycles. The molecule has 2 rings (SSSR count). The summed E-state index contributed by atoms with van der Waals surface area (Å²) in [6.07, 6.45) is -4.83. The van der Waals surface area contributed by atoms with Gasteiger partial charge < -0.3 is 4.74 Å². The average Bonchev–Trinajstić information content (AvgIpc) is 2.84. The van der Waals surface area contributed by atoms with Gasteiger partial charge in [0.25, 0.3) is 10.0 Å². The molecule has 1 aliphatic heterocycles. The molecule has 0 radical (unpaired) electrons. The molecule has 1 fully saturated rings. The molecule has 0 aromatic heterocycles. The summed E-state index contributed by atoms with van der Waals surface area (Å²) < 4.78 is 86.3. The normalized spacial score (nSPS) is 20.2. The number of ether oxygens (including phenoxy) is 1. The number of alkyl halides is 3. The maximum Gasteiger partial charge on any atom is 0.573 e. The predicted octanol–water partition coefficient (Wildman–Crippen LogP) is 0.329. The summed E-state index contributed by atoms with van der Waals surface area (Å²) in [5, 5.41) is 0. The van der Waals surface area contributed by atoms with Crippen molar-refractivity contribution in [1.29, 1.82) is 0 Å². The number of halogens is 3. The Labute approximate surface area is 141 Å². The molecule has 1 saturated heterocycles. The Kier molecular flexibility index (Phi) is 5.30. The van der Waals surface area contributed by atoms with Gasteiger partial charge in [-0.05, 0) is 30.7 Å². The van der Waals surface area contributed by atoms with Gasteiger partial charge in [0, 0.05) is 0 Å². The molecule has 25 heavy (non-hydrogen) atoms. The lowest BCUT2D eigenvalue weighted by Gasteiger charge is -2.12. The van der Waals surface area contributed by atoms with Crippen LogP contribution in [0.15, 0.2) is 29.2 Å². The van der Waals surface area contributed by atoms with E-state index in [1.54, 1.807) is 4.83 Å². The molecule has 1 heterocycles. The summed E-state index contributed by atoms with van der Waals surface area (Å²) in [5.41, 5.74) is 1.90. The molecular weight excluding hydrogens is 389 g/mol. The molecule has 0 unspecified atom stereocenters. The van der Waals surface area contributed by atoms with Crippen LogP contribution in [0.5, 0.6) is 5.75 Å². The maximum atomic E-state index is 12.0. The van der Waals surface area contributed by atoms with Crippen molar-refractivity contribution >= 4 is 25.8 Å². The Bertz CT molecular complexity index is 850. The molecule has 140 valence electrons. The van der Waals surface area contributed by atoms with Crippen LogP contribution in [0.1, 0.15) is 6.42 Å². The molecular formula is C12H13F3N2O6S2. The second kappa shape index (κ2) is 6.80. The van der Waals surface area contributed by atoms with E-state index in [1.807, 2.05) is 5.43 Å². The summed E-state index contributed by atoms with van der Waals surface area (Å²) in [4.78, 5) is 13.1. The van der Waals surface area contributed by atoms with Crippen LogP contribution in [0.25, 0.3) is 0 Å². The van der Waals surface area contributed by atoms with E-state index in [2.05, 4.69) is 4.74 Å². The fourth-order valence-corrected chi connectivity index (χ4v) is 4.69. The van der Waals surface area contributed by atoms with Crippen molar-refractivity contribution in [2.24, 2.45) is 5.92 Å². The van der Waals surface area contributed by atoms with Crippen LogP contribution < -0.4 is 15.0 Å². The first-order chi connectivity index (χ1) is 11.4. The lowest BCUT2D eigenvalue weighted by atomic mass is 10.1. The van der Waals surface area contributed by atoms with E-state index in [9.17, 15) is 34.8 Å². The number of sulfone groups is 1. The van der Waals surface area contributed by atoms with Gasteiger partial charge >= 0.3 is 6.36 Å². The van der Waals surface area contributed by atoms with Crippen LogP contribution in [0.2, 0.25) is 0 Å². The van der Waals surface area contributed by atoms with Gasteiger partial charge in [-0.15, -0.1) is 18.0 Å². The second-order valence-corrected chi connectivity index (χ2v) is 9.13. The Morgan fingerprint density at radius 2 is 1.80 bits per heavy atom. The molecule has 1 aromatic carbocycles. The quantitative estimate of drug-likeness (QED) is 0.685. The molecule has 1 aromatic rings. The molecule has 0 bridgehead atoms. The standard InChI is InChI=1S/C12H13F3N2O6S2/c13-12(14,15)23-9-1-3-10(4-2-9)25(21,22)17-16-11(18)8-5-6-24(19,20)7-8/h1-4,8,17H,5-7H2,(H,16,18)/t8-/m0/s1. The number of hydrogen-bond donors (Lipinski definition) is 2. The first-order valence-corrected chi connectivity index (χ1v) is 10.1.